The SMILES string of the molecule is CCCN1CC(C(=O)NC2CCS(=O)(=O)C2)CC1=O. The van der Waals surface area contributed by atoms with Crippen molar-refractivity contribution >= 4 is 21.7 Å². The van der Waals surface area contributed by atoms with Crippen molar-refractivity contribution in [2.75, 3.05) is 24.6 Å². The van der Waals surface area contributed by atoms with Crippen LogP contribution in [-0.4, -0.2) is 55.8 Å². The third kappa shape index (κ3) is 3.46. The summed E-state index contributed by atoms with van der Waals surface area (Å²) in [4.78, 5) is 25.4. The fraction of sp³-hybridized carbons (Fsp3) is 0.833. The Morgan fingerprint density at radius 1 is 1.47 bits per heavy atom. The second kappa shape index (κ2) is 5.48. The highest BCUT2D eigenvalue weighted by Crippen LogP contribution is 2.19. The first-order valence-electron chi connectivity index (χ1n) is 6.70. The number of likely N-dealkylation sites (tertiary alicyclic amines) is 1. The zero-order valence-electron chi connectivity index (χ0n) is 11.1. The number of nitrogens with one attached hydrogen (secondary N) is 1. The lowest BCUT2D eigenvalue weighted by atomic mass is 10.1. The smallest absolute Gasteiger partial charge is 0.225 e. The van der Waals surface area contributed by atoms with E-state index in [1.807, 2.05) is 6.92 Å². The maximum absolute atomic E-state index is 12.0. The van der Waals surface area contributed by atoms with Crippen molar-refractivity contribution in [2.45, 2.75) is 32.2 Å². The Hall–Kier alpha value is -1.11. The van der Waals surface area contributed by atoms with Gasteiger partial charge in [0.15, 0.2) is 9.84 Å². The summed E-state index contributed by atoms with van der Waals surface area (Å²) >= 11 is 0. The van der Waals surface area contributed by atoms with Crippen LogP contribution in [0.5, 0.6) is 0 Å². The van der Waals surface area contributed by atoms with E-state index in [2.05, 4.69) is 5.32 Å². The number of carbonyl (C=O) groups is 2. The van der Waals surface area contributed by atoms with Crippen molar-refractivity contribution in [2.24, 2.45) is 5.92 Å². The summed E-state index contributed by atoms with van der Waals surface area (Å²) < 4.78 is 22.6. The number of carbonyl (C=O) groups excluding carboxylic acids is 2. The van der Waals surface area contributed by atoms with Gasteiger partial charge in [-0.05, 0) is 12.8 Å². The summed E-state index contributed by atoms with van der Waals surface area (Å²) in [6.07, 6.45) is 1.60. The van der Waals surface area contributed by atoms with Crippen LogP contribution < -0.4 is 5.32 Å². The van der Waals surface area contributed by atoms with Gasteiger partial charge in [-0.15, -0.1) is 0 Å². The molecule has 6 nitrogen and oxygen atoms in total. The molecule has 2 aliphatic heterocycles. The molecule has 0 saturated carbocycles. The van der Waals surface area contributed by atoms with E-state index >= 15 is 0 Å². The van der Waals surface area contributed by atoms with Gasteiger partial charge in [0.25, 0.3) is 0 Å². The molecular weight excluding hydrogens is 268 g/mol. The average molecular weight is 288 g/mol. The first-order chi connectivity index (χ1) is 8.91. The van der Waals surface area contributed by atoms with Crippen LogP contribution in [0.15, 0.2) is 0 Å². The van der Waals surface area contributed by atoms with Gasteiger partial charge in [-0.3, -0.25) is 9.59 Å². The molecular formula is C12H20N2O4S. The van der Waals surface area contributed by atoms with Crippen LogP contribution in [0.1, 0.15) is 26.2 Å². The maximum Gasteiger partial charge on any atom is 0.225 e. The molecule has 2 aliphatic rings. The molecule has 2 unspecified atom stereocenters. The van der Waals surface area contributed by atoms with E-state index < -0.39 is 9.84 Å². The quantitative estimate of drug-likeness (QED) is 0.759. The summed E-state index contributed by atoms with van der Waals surface area (Å²) in [5.41, 5.74) is 0. The molecule has 19 heavy (non-hydrogen) atoms. The van der Waals surface area contributed by atoms with Crippen LogP contribution in [0.25, 0.3) is 0 Å². The van der Waals surface area contributed by atoms with E-state index in [1.54, 1.807) is 4.90 Å². The van der Waals surface area contributed by atoms with Crippen molar-refractivity contribution < 1.29 is 18.0 Å². The molecule has 2 heterocycles. The van der Waals surface area contributed by atoms with Gasteiger partial charge < -0.3 is 10.2 Å². The Balaban J connectivity index is 1.86. The van der Waals surface area contributed by atoms with Gasteiger partial charge in [-0.25, -0.2) is 8.42 Å². The zero-order valence-corrected chi connectivity index (χ0v) is 11.9. The van der Waals surface area contributed by atoms with Gasteiger partial charge in [0.05, 0.1) is 17.4 Å². The van der Waals surface area contributed by atoms with Crippen molar-refractivity contribution in [3.05, 3.63) is 0 Å². The standard InChI is InChI=1S/C12H20N2O4S/c1-2-4-14-7-9(6-11(14)15)12(16)13-10-3-5-19(17,18)8-10/h9-10H,2-8H2,1H3,(H,13,16). The minimum Gasteiger partial charge on any atom is -0.352 e. The fourth-order valence-corrected chi connectivity index (χ4v) is 4.34. The van der Waals surface area contributed by atoms with Crippen LogP contribution in [-0.2, 0) is 19.4 Å². The Kier molecular flexibility index (Phi) is 4.13. The summed E-state index contributed by atoms with van der Waals surface area (Å²) in [6, 6.07) is -0.284. The number of sulfone groups is 1. The molecule has 108 valence electrons. The Morgan fingerprint density at radius 2 is 2.21 bits per heavy atom. The number of hydrogen-bond acceptors (Lipinski definition) is 4. The molecule has 0 aliphatic carbocycles. The predicted molar refractivity (Wildman–Crippen MR) is 70.2 cm³/mol. The lowest BCUT2D eigenvalue weighted by molar-refractivity contribution is -0.129. The van der Waals surface area contributed by atoms with E-state index in [1.165, 1.54) is 0 Å². The van der Waals surface area contributed by atoms with Crippen molar-refractivity contribution in [1.29, 1.82) is 0 Å². The maximum atomic E-state index is 12.0. The Labute approximate surface area is 113 Å². The summed E-state index contributed by atoms with van der Waals surface area (Å²) in [6.45, 7) is 3.13. The lowest BCUT2D eigenvalue weighted by Gasteiger charge is -2.16. The van der Waals surface area contributed by atoms with Gasteiger partial charge in [0.1, 0.15) is 0 Å². The van der Waals surface area contributed by atoms with E-state index in [0.29, 0.717) is 19.5 Å². The molecule has 0 aromatic rings. The van der Waals surface area contributed by atoms with Gasteiger partial charge in [-0.1, -0.05) is 6.92 Å². The minimum absolute atomic E-state index is 0.0149. The number of hydrogen-bond donors (Lipinski definition) is 1. The van der Waals surface area contributed by atoms with Gasteiger partial charge in [0.2, 0.25) is 11.8 Å². The Bertz CT molecular complexity index is 474. The molecule has 2 fully saturated rings. The van der Waals surface area contributed by atoms with Crippen LogP contribution in [0.2, 0.25) is 0 Å². The largest absolute Gasteiger partial charge is 0.352 e. The summed E-state index contributed by atoms with van der Waals surface area (Å²) in [5, 5.41) is 2.76. The van der Waals surface area contributed by atoms with Gasteiger partial charge in [-0.2, -0.15) is 0 Å². The zero-order chi connectivity index (χ0) is 14.0. The molecule has 0 bridgehead atoms. The molecule has 7 heteroatoms. The van der Waals surface area contributed by atoms with E-state index in [4.69, 9.17) is 0 Å². The minimum atomic E-state index is -2.99. The second-order valence-electron chi connectivity index (χ2n) is 5.35. The molecule has 0 aromatic carbocycles. The third-order valence-corrected chi connectivity index (χ3v) is 5.43. The number of nitrogens with zero attached hydrogens (tertiary/aromatic N) is 1. The highest BCUT2D eigenvalue weighted by atomic mass is 32.2. The molecule has 0 radical (unpaired) electrons. The van der Waals surface area contributed by atoms with Crippen molar-refractivity contribution in [3.63, 3.8) is 0 Å². The highest BCUT2D eigenvalue weighted by Gasteiger charge is 2.36. The molecule has 0 aromatic heterocycles. The molecule has 2 rings (SSSR count). The first kappa shape index (κ1) is 14.3. The van der Waals surface area contributed by atoms with Crippen LogP contribution in [0, 0.1) is 5.92 Å². The van der Waals surface area contributed by atoms with Crippen LogP contribution >= 0.6 is 0 Å². The van der Waals surface area contributed by atoms with Crippen LogP contribution in [0.4, 0.5) is 0 Å². The highest BCUT2D eigenvalue weighted by molar-refractivity contribution is 7.91. The van der Waals surface area contributed by atoms with Crippen molar-refractivity contribution in [1.82, 2.24) is 10.2 Å². The topological polar surface area (TPSA) is 83.6 Å². The molecule has 2 saturated heterocycles. The second-order valence-corrected chi connectivity index (χ2v) is 7.58. The number of rotatable bonds is 4. The number of amides is 2. The molecule has 0 spiro atoms. The normalized spacial score (nSPS) is 29.7. The predicted octanol–water partition coefficient (Wildman–Crippen LogP) is -0.452. The van der Waals surface area contributed by atoms with E-state index in [-0.39, 0.29) is 41.7 Å². The fourth-order valence-electron chi connectivity index (χ4n) is 2.66. The molecule has 2 atom stereocenters. The average Bonchev–Trinajstić information content (AvgIpc) is 2.84. The van der Waals surface area contributed by atoms with E-state index in [0.717, 1.165) is 6.42 Å². The monoisotopic (exact) mass is 288 g/mol. The molecule has 1 N–H and O–H groups in total. The van der Waals surface area contributed by atoms with Crippen LogP contribution in [0.3, 0.4) is 0 Å². The summed E-state index contributed by atoms with van der Waals surface area (Å²) in [7, 11) is -2.99. The molecule has 2 amide bonds. The Morgan fingerprint density at radius 3 is 2.79 bits per heavy atom. The summed E-state index contributed by atoms with van der Waals surface area (Å²) in [5.74, 6) is -0.334. The lowest BCUT2D eigenvalue weighted by Crippen LogP contribution is -2.40. The van der Waals surface area contributed by atoms with Gasteiger partial charge in [0, 0.05) is 25.6 Å². The third-order valence-electron chi connectivity index (χ3n) is 3.66. The first-order valence-corrected chi connectivity index (χ1v) is 8.52. The van der Waals surface area contributed by atoms with E-state index in [9.17, 15) is 18.0 Å². The van der Waals surface area contributed by atoms with Crippen molar-refractivity contribution in [3.8, 4) is 0 Å². The van der Waals surface area contributed by atoms with Gasteiger partial charge >= 0.3 is 0 Å².